The number of thioether (sulfide) groups is 1. The lowest BCUT2D eigenvalue weighted by molar-refractivity contribution is 0.173. The number of fused-ring (bicyclic) bond motifs is 2. The Kier molecular flexibility index (Phi) is 6.23. The summed E-state index contributed by atoms with van der Waals surface area (Å²) in [6, 6.07) is 27.8. The van der Waals surface area contributed by atoms with Crippen LogP contribution in [0.1, 0.15) is 22.7 Å². The van der Waals surface area contributed by atoms with E-state index in [1.165, 1.54) is 32.9 Å². The Morgan fingerprint density at radius 3 is 2.40 bits per heavy atom. The van der Waals surface area contributed by atoms with E-state index in [1.807, 2.05) is 11.8 Å². The number of piperazine rings is 1. The van der Waals surface area contributed by atoms with Crippen molar-refractivity contribution in [1.29, 1.82) is 0 Å². The molecule has 6 rings (SSSR count). The highest BCUT2D eigenvalue weighted by Gasteiger charge is 2.34. The lowest BCUT2D eigenvalue weighted by Crippen LogP contribution is -2.53. The summed E-state index contributed by atoms with van der Waals surface area (Å²) < 4.78 is 5.69. The summed E-state index contributed by atoms with van der Waals surface area (Å²) >= 11 is 1.85. The third kappa shape index (κ3) is 4.44. The van der Waals surface area contributed by atoms with Crippen molar-refractivity contribution in [3.63, 3.8) is 0 Å². The average molecular weight is 483 g/mol. The molecule has 0 aromatic heterocycles. The monoisotopic (exact) mass is 482 g/mol. The molecule has 3 aromatic rings. The summed E-state index contributed by atoms with van der Waals surface area (Å²) in [6.07, 6.45) is 0. The standard InChI is InChI=1S/C29H30N4OS/c1-34-25-14-8-13-23-27-24(20-35-28(23)25)26(22-11-6-3-7-12-22)30-29(31-27)33-17-15-32(16-18-33)19-21-9-4-2-5-10-21/h2-14,26H,15-20H2,1H3,(H,30,31). The minimum Gasteiger partial charge on any atom is -0.496 e. The van der Waals surface area contributed by atoms with Crippen molar-refractivity contribution in [3.8, 4) is 5.75 Å². The second-order valence-electron chi connectivity index (χ2n) is 9.17. The fraction of sp³-hybridized carbons (Fsp3) is 0.276. The molecular weight excluding hydrogens is 452 g/mol. The van der Waals surface area contributed by atoms with E-state index in [0.29, 0.717) is 0 Å². The van der Waals surface area contributed by atoms with E-state index in [9.17, 15) is 0 Å². The summed E-state index contributed by atoms with van der Waals surface area (Å²) in [6.45, 7) is 4.97. The summed E-state index contributed by atoms with van der Waals surface area (Å²) in [5.41, 5.74) is 6.37. The number of ether oxygens (including phenoxy) is 1. The molecule has 3 aromatic carbocycles. The zero-order valence-corrected chi connectivity index (χ0v) is 20.8. The molecule has 178 valence electrons. The van der Waals surface area contributed by atoms with Gasteiger partial charge in [0.1, 0.15) is 11.8 Å². The Bertz CT molecular complexity index is 1250. The topological polar surface area (TPSA) is 40.1 Å². The van der Waals surface area contributed by atoms with Gasteiger partial charge in [0.2, 0.25) is 0 Å². The first-order chi connectivity index (χ1) is 17.3. The number of methoxy groups -OCH3 is 1. The predicted molar refractivity (Wildman–Crippen MR) is 144 cm³/mol. The van der Waals surface area contributed by atoms with E-state index in [2.05, 4.69) is 94.0 Å². The van der Waals surface area contributed by atoms with Crippen molar-refractivity contribution in [2.75, 3.05) is 39.0 Å². The molecule has 0 aliphatic carbocycles. The molecule has 3 aliphatic heterocycles. The number of nitrogens with one attached hydrogen (secondary N) is 1. The molecule has 3 heterocycles. The summed E-state index contributed by atoms with van der Waals surface area (Å²) in [5.74, 6) is 2.82. The second kappa shape index (κ2) is 9.80. The van der Waals surface area contributed by atoms with Crippen molar-refractivity contribution < 1.29 is 4.74 Å². The molecule has 0 amide bonds. The van der Waals surface area contributed by atoms with E-state index in [0.717, 1.165) is 50.2 Å². The summed E-state index contributed by atoms with van der Waals surface area (Å²) in [5, 5.41) is 3.77. The van der Waals surface area contributed by atoms with Crippen molar-refractivity contribution in [2.45, 2.75) is 17.5 Å². The molecular formula is C29H30N4OS. The normalized spacial score (nSPS) is 20.0. The van der Waals surface area contributed by atoms with Crippen molar-refractivity contribution in [1.82, 2.24) is 15.1 Å². The van der Waals surface area contributed by atoms with E-state index in [1.54, 1.807) is 7.11 Å². The van der Waals surface area contributed by atoms with Gasteiger partial charge in [0, 0.05) is 44.0 Å². The number of rotatable bonds is 4. The van der Waals surface area contributed by atoms with Gasteiger partial charge in [-0.1, -0.05) is 72.8 Å². The van der Waals surface area contributed by atoms with Gasteiger partial charge < -0.3 is 15.0 Å². The second-order valence-corrected chi connectivity index (χ2v) is 10.2. The van der Waals surface area contributed by atoms with Gasteiger partial charge in [-0.05, 0) is 22.8 Å². The molecule has 3 aliphatic rings. The molecule has 0 saturated carbocycles. The van der Waals surface area contributed by atoms with Crippen molar-refractivity contribution in [2.24, 2.45) is 4.99 Å². The van der Waals surface area contributed by atoms with E-state index in [4.69, 9.17) is 9.73 Å². The van der Waals surface area contributed by atoms with E-state index in [-0.39, 0.29) is 6.04 Å². The molecule has 1 fully saturated rings. The molecule has 6 heteroatoms. The Balaban J connectivity index is 1.28. The van der Waals surface area contributed by atoms with Crippen molar-refractivity contribution in [3.05, 3.63) is 101 Å². The number of hydrogen-bond acceptors (Lipinski definition) is 6. The van der Waals surface area contributed by atoms with Crippen LogP contribution in [0.5, 0.6) is 5.75 Å². The number of nitrogens with zero attached hydrogens (tertiary/aromatic N) is 3. The van der Waals surface area contributed by atoms with Crippen LogP contribution in [0.15, 0.2) is 94.3 Å². The lowest BCUT2D eigenvalue weighted by Gasteiger charge is -2.40. The van der Waals surface area contributed by atoms with Crippen LogP contribution in [0.4, 0.5) is 0 Å². The largest absolute Gasteiger partial charge is 0.496 e. The summed E-state index contributed by atoms with van der Waals surface area (Å²) in [4.78, 5) is 11.5. The van der Waals surface area contributed by atoms with Crippen LogP contribution in [-0.2, 0) is 6.54 Å². The van der Waals surface area contributed by atoms with Gasteiger partial charge in [-0.2, -0.15) is 0 Å². The highest BCUT2D eigenvalue weighted by atomic mass is 32.2. The molecule has 0 bridgehead atoms. The number of aliphatic imine (C=N–C) groups is 1. The van der Waals surface area contributed by atoms with Crippen molar-refractivity contribution >= 4 is 23.4 Å². The molecule has 1 unspecified atom stereocenters. The first-order valence-corrected chi connectivity index (χ1v) is 13.2. The third-order valence-electron chi connectivity index (χ3n) is 7.02. The minimum atomic E-state index is 0.0247. The third-order valence-corrected chi connectivity index (χ3v) is 8.18. The maximum Gasteiger partial charge on any atom is 0.199 e. The Morgan fingerprint density at radius 1 is 0.914 bits per heavy atom. The Morgan fingerprint density at radius 2 is 1.66 bits per heavy atom. The smallest absolute Gasteiger partial charge is 0.199 e. The van der Waals surface area contributed by atoms with Crippen LogP contribution in [0.3, 0.4) is 0 Å². The number of guanidine groups is 1. The number of hydrogen-bond donors (Lipinski definition) is 1. The van der Waals surface area contributed by atoms with Gasteiger partial charge in [-0.3, -0.25) is 4.90 Å². The maximum absolute atomic E-state index is 5.69. The van der Waals surface area contributed by atoms with Crippen LogP contribution in [-0.4, -0.2) is 54.8 Å². The number of benzene rings is 3. The maximum atomic E-state index is 5.69. The first kappa shape index (κ1) is 22.3. The van der Waals surface area contributed by atoms with Crippen LogP contribution in [0.2, 0.25) is 0 Å². The van der Waals surface area contributed by atoms with Gasteiger partial charge in [-0.25, -0.2) is 4.99 Å². The first-order valence-electron chi connectivity index (χ1n) is 12.2. The fourth-order valence-corrected chi connectivity index (χ4v) is 6.38. The van der Waals surface area contributed by atoms with Crippen LogP contribution >= 0.6 is 11.8 Å². The molecule has 0 spiro atoms. The minimum absolute atomic E-state index is 0.0247. The fourth-order valence-electron chi connectivity index (χ4n) is 5.16. The molecule has 35 heavy (non-hydrogen) atoms. The van der Waals surface area contributed by atoms with Gasteiger partial charge in [0.25, 0.3) is 0 Å². The predicted octanol–water partition coefficient (Wildman–Crippen LogP) is 5.03. The lowest BCUT2D eigenvalue weighted by atomic mass is 9.94. The highest BCUT2D eigenvalue weighted by molar-refractivity contribution is 7.99. The van der Waals surface area contributed by atoms with Crippen LogP contribution in [0.25, 0.3) is 5.70 Å². The average Bonchev–Trinajstić information content (AvgIpc) is 2.93. The molecule has 1 saturated heterocycles. The summed E-state index contributed by atoms with van der Waals surface area (Å²) in [7, 11) is 1.75. The molecule has 5 nitrogen and oxygen atoms in total. The highest BCUT2D eigenvalue weighted by Crippen LogP contribution is 2.47. The van der Waals surface area contributed by atoms with E-state index >= 15 is 0 Å². The van der Waals surface area contributed by atoms with Gasteiger partial charge in [-0.15, -0.1) is 11.8 Å². The van der Waals surface area contributed by atoms with Gasteiger partial charge >= 0.3 is 0 Å². The molecule has 1 atom stereocenters. The quantitative estimate of drug-likeness (QED) is 0.565. The van der Waals surface area contributed by atoms with Crippen LogP contribution in [0, 0.1) is 0 Å². The molecule has 1 N–H and O–H groups in total. The van der Waals surface area contributed by atoms with Crippen LogP contribution < -0.4 is 10.1 Å². The zero-order chi connectivity index (χ0) is 23.6. The Labute approximate surface area is 211 Å². The zero-order valence-electron chi connectivity index (χ0n) is 20.0. The van der Waals surface area contributed by atoms with Gasteiger partial charge in [0.15, 0.2) is 5.96 Å². The van der Waals surface area contributed by atoms with Gasteiger partial charge in [0.05, 0.1) is 17.7 Å². The SMILES string of the molecule is COc1cccc2c1SCC1=C2NC(N2CCN(Cc3ccccc3)CC2)=NC1c1ccccc1. The molecule has 0 radical (unpaired) electrons. The Hall–Kier alpha value is -3.22. The van der Waals surface area contributed by atoms with E-state index < -0.39 is 0 Å².